The number of hydrogen-bond donors (Lipinski definition) is 1. The van der Waals surface area contributed by atoms with E-state index in [1.54, 1.807) is 6.26 Å². The van der Waals surface area contributed by atoms with Crippen LogP contribution in [0.5, 0.6) is 0 Å². The minimum atomic E-state index is -0.660. The summed E-state index contributed by atoms with van der Waals surface area (Å²) in [6.07, 6.45) is 2.84. The van der Waals surface area contributed by atoms with E-state index in [4.69, 9.17) is 5.73 Å². The van der Waals surface area contributed by atoms with Crippen LogP contribution in [-0.2, 0) is 10.8 Å². The first kappa shape index (κ1) is 11.1. The lowest BCUT2D eigenvalue weighted by Crippen LogP contribution is -2.46. The predicted octanol–water partition coefficient (Wildman–Crippen LogP) is 0.0340. The molecule has 2 N–H and O–H groups in total. The second kappa shape index (κ2) is 5.08. The van der Waals surface area contributed by atoms with Crippen molar-refractivity contribution in [1.82, 2.24) is 4.90 Å². The van der Waals surface area contributed by atoms with Gasteiger partial charge >= 0.3 is 0 Å². The molecule has 1 rings (SSSR count). The predicted molar refractivity (Wildman–Crippen MR) is 57.1 cm³/mol. The highest BCUT2D eigenvalue weighted by Crippen LogP contribution is 2.14. The Morgan fingerprint density at radius 2 is 2.31 bits per heavy atom. The lowest BCUT2D eigenvalue weighted by Gasteiger charge is -2.34. The first-order valence-corrected chi connectivity index (χ1v) is 6.60. The van der Waals surface area contributed by atoms with Crippen LogP contribution in [0.2, 0.25) is 0 Å². The van der Waals surface area contributed by atoms with E-state index in [0.29, 0.717) is 12.0 Å². The Morgan fingerprint density at radius 1 is 1.62 bits per heavy atom. The van der Waals surface area contributed by atoms with Crippen molar-refractivity contribution in [2.45, 2.75) is 19.4 Å². The summed E-state index contributed by atoms with van der Waals surface area (Å²) in [6.45, 7) is 5.29. The minimum absolute atomic E-state index is 0.364. The molecule has 0 radical (unpaired) electrons. The van der Waals surface area contributed by atoms with Crippen molar-refractivity contribution in [3.8, 4) is 0 Å². The maximum Gasteiger partial charge on any atom is 0.0359 e. The Balaban J connectivity index is 2.25. The van der Waals surface area contributed by atoms with Gasteiger partial charge in [0.05, 0.1) is 0 Å². The molecule has 3 atom stereocenters. The number of piperidine rings is 1. The fourth-order valence-corrected chi connectivity index (χ4v) is 2.23. The normalized spacial score (nSPS) is 33.2. The van der Waals surface area contributed by atoms with Crippen LogP contribution in [0.1, 0.15) is 13.3 Å². The minimum Gasteiger partial charge on any atom is -0.327 e. The third-order valence-corrected chi connectivity index (χ3v) is 3.51. The van der Waals surface area contributed by atoms with E-state index in [9.17, 15) is 4.21 Å². The highest BCUT2D eigenvalue weighted by Gasteiger charge is 2.22. The van der Waals surface area contributed by atoms with E-state index in [-0.39, 0.29) is 0 Å². The van der Waals surface area contributed by atoms with Crippen molar-refractivity contribution in [1.29, 1.82) is 0 Å². The largest absolute Gasteiger partial charge is 0.327 e. The first-order valence-electron chi connectivity index (χ1n) is 4.87. The molecule has 0 saturated carbocycles. The Labute approximate surface area is 83.1 Å². The summed E-state index contributed by atoms with van der Waals surface area (Å²) in [7, 11) is -0.660. The van der Waals surface area contributed by atoms with Crippen molar-refractivity contribution in [2.24, 2.45) is 11.7 Å². The summed E-state index contributed by atoms with van der Waals surface area (Å²) < 4.78 is 10.9. The molecule has 0 amide bonds. The van der Waals surface area contributed by atoms with E-state index in [1.165, 1.54) is 0 Å². The van der Waals surface area contributed by atoms with Crippen LogP contribution in [0.25, 0.3) is 0 Å². The van der Waals surface area contributed by atoms with Gasteiger partial charge < -0.3 is 10.6 Å². The van der Waals surface area contributed by atoms with Gasteiger partial charge in [-0.15, -0.1) is 0 Å². The molecule has 0 aromatic rings. The van der Waals surface area contributed by atoms with Crippen molar-refractivity contribution < 1.29 is 4.21 Å². The van der Waals surface area contributed by atoms with Gasteiger partial charge in [-0.25, -0.2) is 0 Å². The van der Waals surface area contributed by atoms with Gasteiger partial charge in [0, 0.05) is 41.9 Å². The summed E-state index contributed by atoms with van der Waals surface area (Å²) >= 11 is 0. The molecule has 4 heteroatoms. The quantitative estimate of drug-likeness (QED) is 0.706. The molecule has 0 aromatic heterocycles. The van der Waals surface area contributed by atoms with Gasteiger partial charge in [0.25, 0.3) is 0 Å². The van der Waals surface area contributed by atoms with Crippen LogP contribution < -0.4 is 5.73 Å². The Hall–Kier alpha value is 0.0700. The van der Waals surface area contributed by atoms with Gasteiger partial charge in [-0.3, -0.25) is 4.21 Å². The molecule has 0 aliphatic carbocycles. The third kappa shape index (κ3) is 3.75. The monoisotopic (exact) mass is 204 g/mol. The highest BCUT2D eigenvalue weighted by atomic mass is 32.2. The molecule has 78 valence electrons. The molecule has 3 nitrogen and oxygen atoms in total. The summed E-state index contributed by atoms with van der Waals surface area (Å²) in [5.41, 5.74) is 5.91. The zero-order chi connectivity index (χ0) is 9.84. The standard InChI is InChI=1S/C9H20N2OS/c1-8-7-11(4-3-9(8)10)5-6-13(2)12/h8-9H,3-7,10H2,1-2H3. The van der Waals surface area contributed by atoms with E-state index >= 15 is 0 Å². The number of nitrogens with zero attached hydrogens (tertiary/aromatic N) is 1. The first-order chi connectivity index (χ1) is 6.09. The van der Waals surface area contributed by atoms with Gasteiger partial charge in [-0.05, 0) is 18.9 Å². The molecule has 1 heterocycles. The number of likely N-dealkylation sites (tertiary alicyclic amines) is 1. The van der Waals surface area contributed by atoms with Crippen molar-refractivity contribution in [3.05, 3.63) is 0 Å². The molecule has 1 fully saturated rings. The van der Waals surface area contributed by atoms with Gasteiger partial charge in [0.1, 0.15) is 0 Å². The smallest absolute Gasteiger partial charge is 0.0359 e. The van der Waals surface area contributed by atoms with E-state index in [0.717, 1.165) is 31.8 Å². The fourth-order valence-electron chi connectivity index (χ4n) is 1.71. The average molecular weight is 204 g/mol. The van der Waals surface area contributed by atoms with E-state index in [2.05, 4.69) is 11.8 Å². The average Bonchev–Trinajstić information content (AvgIpc) is 2.07. The SMILES string of the molecule is CC1CN(CCS(C)=O)CCC1N. The second-order valence-electron chi connectivity index (χ2n) is 4.01. The third-order valence-electron chi connectivity index (χ3n) is 2.75. The maximum absolute atomic E-state index is 10.9. The van der Waals surface area contributed by atoms with Crippen molar-refractivity contribution >= 4 is 10.8 Å². The number of nitrogens with two attached hydrogens (primary N) is 1. The van der Waals surface area contributed by atoms with Crippen LogP contribution >= 0.6 is 0 Å². The van der Waals surface area contributed by atoms with Gasteiger partial charge in [0.2, 0.25) is 0 Å². The molecule has 13 heavy (non-hydrogen) atoms. The summed E-state index contributed by atoms with van der Waals surface area (Å²) in [4.78, 5) is 2.37. The number of rotatable bonds is 3. The van der Waals surface area contributed by atoms with Crippen LogP contribution in [0, 0.1) is 5.92 Å². The molecular weight excluding hydrogens is 184 g/mol. The maximum atomic E-state index is 10.9. The van der Waals surface area contributed by atoms with Gasteiger partial charge in [-0.1, -0.05) is 6.92 Å². The lowest BCUT2D eigenvalue weighted by atomic mass is 9.95. The second-order valence-corrected chi connectivity index (χ2v) is 5.56. The van der Waals surface area contributed by atoms with E-state index < -0.39 is 10.8 Å². The van der Waals surface area contributed by atoms with Crippen molar-refractivity contribution in [2.75, 3.05) is 31.6 Å². The van der Waals surface area contributed by atoms with Crippen LogP contribution in [0.4, 0.5) is 0 Å². The Kier molecular flexibility index (Phi) is 4.35. The van der Waals surface area contributed by atoms with Crippen molar-refractivity contribution in [3.63, 3.8) is 0 Å². The summed E-state index contributed by atoms with van der Waals surface area (Å²) in [6, 6.07) is 0.364. The molecule has 0 aromatic carbocycles. The Morgan fingerprint density at radius 3 is 2.85 bits per heavy atom. The zero-order valence-corrected chi connectivity index (χ0v) is 9.35. The summed E-state index contributed by atoms with van der Waals surface area (Å²) in [5.74, 6) is 1.38. The van der Waals surface area contributed by atoms with Crippen LogP contribution in [0.3, 0.4) is 0 Å². The zero-order valence-electron chi connectivity index (χ0n) is 8.53. The molecule has 0 spiro atoms. The number of hydrogen-bond acceptors (Lipinski definition) is 3. The molecule has 3 unspecified atom stereocenters. The van der Waals surface area contributed by atoms with Gasteiger partial charge in [0.15, 0.2) is 0 Å². The van der Waals surface area contributed by atoms with Crippen LogP contribution in [0.15, 0.2) is 0 Å². The topological polar surface area (TPSA) is 46.3 Å². The molecule has 0 bridgehead atoms. The fraction of sp³-hybridized carbons (Fsp3) is 1.00. The van der Waals surface area contributed by atoms with Crippen LogP contribution in [-0.4, -0.2) is 46.8 Å². The summed E-state index contributed by atoms with van der Waals surface area (Å²) in [5, 5.41) is 0. The van der Waals surface area contributed by atoms with E-state index in [1.807, 2.05) is 0 Å². The highest BCUT2D eigenvalue weighted by molar-refractivity contribution is 7.84. The molecule has 1 saturated heterocycles. The molecule has 1 aliphatic heterocycles. The molecule has 1 aliphatic rings. The lowest BCUT2D eigenvalue weighted by molar-refractivity contribution is 0.173. The Bertz CT molecular complexity index is 186. The molecular formula is C9H20N2OS. The van der Waals surface area contributed by atoms with Gasteiger partial charge in [-0.2, -0.15) is 0 Å².